The van der Waals surface area contributed by atoms with Gasteiger partial charge in [-0.05, 0) is 48.1 Å². The number of halogens is 2. The normalized spacial score (nSPS) is 17.1. The molecule has 3 aromatic carbocycles. The van der Waals surface area contributed by atoms with E-state index in [1.165, 1.54) is 18.2 Å². The van der Waals surface area contributed by atoms with Gasteiger partial charge in [-0.3, -0.25) is 14.6 Å². The summed E-state index contributed by atoms with van der Waals surface area (Å²) in [4.78, 5) is 32.7. The van der Waals surface area contributed by atoms with Gasteiger partial charge in [-0.25, -0.2) is 4.39 Å². The SMILES string of the molecule is NC(N)=NCCC[C@@H]1N[C@H](CNC(=O)/C=C/c2c(F)cccc2CI)CCN(CC(c2ccccc2)c2ccccc2)C1=O. The van der Waals surface area contributed by atoms with Crippen LogP contribution in [0, 0.1) is 5.82 Å². The van der Waals surface area contributed by atoms with Gasteiger partial charge in [0, 0.05) is 54.2 Å². The molecule has 0 aliphatic carbocycles. The van der Waals surface area contributed by atoms with E-state index in [0.29, 0.717) is 55.4 Å². The Balaban J connectivity index is 1.47. The zero-order valence-corrected chi connectivity index (χ0v) is 26.8. The number of benzene rings is 3. The molecule has 1 fully saturated rings. The van der Waals surface area contributed by atoms with Crippen LogP contribution < -0.4 is 22.1 Å². The fourth-order valence-electron chi connectivity index (χ4n) is 5.45. The van der Waals surface area contributed by atoms with Crippen molar-refractivity contribution in [3.05, 3.63) is 113 Å². The fourth-order valence-corrected chi connectivity index (χ4v) is 6.12. The van der Waals surface area contributed by atoms with E-state index in [-0.39, 0.29) is 35.6 Å². The van der Waals surface area contributed by atoms with Crippen LogP contribution in [0.3, 0.4) is 0 Å². The monoisotopic (exact) mass is 710 g/mol. The molecule has 10 heteroatoms. The minimum Gasteiger partial charge on any atom is -0.370 e. The van der Waals surface area contributed by atoms with Gasteiger partial charge >= 0.3 is 0 Å². The molecule has 3 aromatic rings. The second-order valence-corrected chi connectivity index (χ2v) is 11.6. The Morgan fingerprint density at radius 2 is 1.75 bits per heavy atom. The number of amides is 2. The zero-order valence-electron chi connectivity index (χ0n) is 24.7. The Morgan fingerprint density at radius 1 is 1.07 bits per heavy atom. The van der Waals surface area contributed by atoms with Crippen molar-refractivity contribution in [1.29, 1.82) is 0 Å². The molecule has 232 valence electrons. The first-order valence-electron chi connectivity index (χ1n) is 14.8. The first kappa shape index (κ1) is 33.1. The Hall–Kier alpha value is -3.77. The molecule has 0 unspecified atom stereocenters. The van der Waals surface area contributed by atoms with E-state index in [2.05, 4.69) is 62.5 Å². The van der Waals surface area contributed by atoms with Gasteiger partial charge < -0.3 is 27.0 Å². The number of aliphatic imine (C=N–C) groups is 1. The first-order chi connectivity index (χ1) is 21.4. The molecule has 2 atom stereocenters. The average Bonchev–Trinajstić information content (AvgIpc) is 3.18. The number of nitrogens with one attached hydrogen (secondary N) is 2. The third kappa shape index (κ3) is 9.62. The van der Waals surface area contributed by atoms with Gasteiger partial charge in [-0.2, -0.15) is 0 Å². The van der Waals surface area contributed by atoms with E-state index in [4.69, 9.17) is 11.5 Å². The number of hydrogen-bond acceptors (Lipinski definition) is 4. The van der Waals surface area contributed by atoms with E-state index in [1.54, 1.807) is 6.07 Å². The van der Waals surface area contributed by atoms with Gasteiger partial charge in [-0.15, -0.1) is 0 Å². The summed E-state index contributed by atoms with van der Waals surface area (Å²) in [6.07, 6.45) is 4.70. The van der Waals surface area contributed by atoms with Crippen molar-refractivity contribution in [1.82, 2.24) is 15.5 Å². The number of rotatable bonds is 13. The summed E-state index contributed by atoms with van der Waals surface area (Å²) < 4.78 is 15.0. The average molecular weight is 711 g/mol. The third-order valence-corrected chi connectivity index (χ3v) is 8.58. The van der Waals surface area contributed by atoms with Gasteiger partial charge in [0.1, 0.15) is 5.82 Å². The van der Waals surface area contributed by atoms with Crippen molar-refractivity contribution in [2.75, 3.05) is 26.2 Å². The second kappa shape index (κ2) is 16.9. The second-order valence-electron chi connectivity index (χ2n) is 10.8. The number of nitrogens with zero attached hydrogens (tertiary/aromatic N) is 2. The van der Waals surface area contributed by atoms with Crippen LogP contribution in [-0.4, -0.2) is 60.9 Å². The van der Waals surface area contributed by atoms with Gasteiger partial charge in [0.05, 0.1) is 6.04 Å². The van der Waals surface area contributed by atoms with Crippen molar-refractivity contribution in [3.8, 4) is 0 Å². The Kier molecular flexibility index (Phi) is 12.7. The number of alkyl halides is 1. The number of hydrogen-bond donors (Lipinski definition) is 4. The van der Waals surface area contributed by atoms with E-state index in [0.717, 1.165) is 16.7 Å². The highest BCUT2D eigenvalue weighted by atomic mass is 127. The van der Waals surface area contributed by atoms with Crippen LogP contribution in [0.15, 0.2) is 89.9 Å². The van der Waals surface area contributed by atoms with Gasteiger partial charge in [0.2, 0.25) is 11.8 Å². The lowest BCUT2D eigenvalue weighted by molar-refractivity contribution is -0.133. The molecule has 4 rings (SSSR count). The molecule has 1 saturated heterocycles. The molecule has 2 amide bonds. The molecule has 1 aliphatic heterocycles. The topological polar surface area (TPSA) is 126 Å². The highest BCUT2D eigenvalue weighted by Crippen LogP contribution is 2.27. The number of guanidine groups is 1. The number of carbonyl (C=O) groups is 2. The molecule has 44 heavy (non-hydrogen) atoms. The fraction of sp³-hybridized carbons (Fsp3) is 0.324. The predicted octanol–water partition coefficient (Wildman–Crippen LogP) is 4.33. The van der Waals surface area contributed by atoms with Gasteiger partial charge in [0.15, 0.2) is 5.96 Å². The van der Waals surface area contributed by atoms with Crippen LogP contribution in [0.4, 0.5) is 4.39 Å². The molecule has 0 saturated carbocycles. The number of nitrogens with two attached hydrogens (primary N) is 2. The first-order valence-corrected chi connectivity index (χ1v) is 16.4. The molecule has 0 spiro atoms. The smallest absolute Gasteiger partial charge is 0.244 e. The zero-order chi connectivity index (χ0) is 31.3. The molecular formula is C34H40FIN6O2. The quantitative estimate of drug-likeness (QED) is 0.0525. The summed E-state index contributed by atoms with van der Waals surface area (Å²) in [6.45, 7) is 1.82. The lowest BCUT2D eigenvalue weighted by Crippen LogP contribution is -2.49. The van der Waals surface area contributed by atoms with Crippen molar-refractivity contribution >= 4 is 46.4 Å². The van der Waals surface area contributed by atoms with Gasteiger partial charge in [0.25, 0.3) is 0 Å². The van der Waals surface area contributed by atoms with Crippen LogP contribution >= 0.6 is 22.6 Å². The molecule has 0 radical (unpaired) electrons. The molecule has 1 heterocycles. The van der Waals surface area contributed by atoms with Crippen LogP contribution in [0.2, 0.25) is 0 Å². The molecule has 6 N–H and O–H groups in total. The third-order valence-electron chi connectivity index (χ3n) is 7.76. The van der Waals surface area contributed by atoms with Crippen LogP contribution in [0.25, 0.3) is 6.08 Å². The summed E-state index contributed by atoms with van der Waals surface area (Å²) in [5.41, 5.74) is 14.5. The highest BCUT2D eigenvalue weighted by molar-refractivity contribution is 14.1. The van der Waals surface area contributed by atoms with Crippen molar-refractivity contribution < 1.29 is 14.0 Å². The van der Waals surface area contributed by atoms with Crippen molar-refractivity contribution in [3.63, 3.8) is 0 Å². The molecule has 0 bridgehead atoms. The van der Waals surface area contributed by atoms with Crippen molar-refractivity contribution in [2.24, 2.45) is 16.5 Å². The Labute approximate surface area is 272 Å². The molecule has 1 aliphatic rings. The molecule has 0 aromatic heterocycles. The van der Waals surface area contributed by atoms with E-state index >= 15 is 0 Å². The predicted molar refractivity (Wildman–Crippen MR) is 183 cm³/mol. The summed E-state index contributed by atoms with van der Waals surface area (Å²) in [5.74, 6) is -0.628. The summed E-state index contributed by atoms with van der Waals surface area (Å²) in [6, 6.07) is 24.8. The highest BCUT2D eigenvalue weighted by Gasteiger charge is 2.32. The standard InChI is InChI=1S/C34H40FIN6O2/c35-30-14-7-13-26(21-36)28(30)16-17-32(43)40-22-27-18-20-42(33(44)31(41-27)15-8-19-39-34(37)38)23-29(24-9-3-1-4-10-24)25-11-5-2-6-12-25/h1-7,9-14,16-17,27,29,31,41H,8,15,18-23H2,(H,40,43)(H4,37,38,39)/b17-16+/t27-,31-/m0/s1. The van der Waals surface area contributed by atoms with Crippen LogP contribution in [0.1, 0.15) is 47.4 Å². The van der Waals surface area contributed by atoms with Crippen molar-refractivity contribution in [2.45, 2.75) is 41.7 Å². The molecule has 8 nitrogen and oxygen atoms in total. The van der Waals surface area contributed by atoms with Crippen LogP contribution in [0.5, 0.6) is 0 Å². The number of carbonyl (C=O) groups excluding carboxylic acids is 2. The Morgan fingerprint density at radius 3 is 2.39 bits per heavy atom. The van der Waals surface area contributed by atoms with E-state index < -0.39 is 6.04 Å². The van der Waals surface area contributed by atoms with E-state index in [1.807, 2.05) is 47.4 Å². The summed E-state index contributed by atoms with van der Waals surface area (Å²) >= 11 is 2.18. The van der Waals surface area contributed by atoms with E-state index in [9.17, 15) is 14.0 Å². The maximum atomic E-state index is 14.3. The lowest BCUT2D eigenvalue weighted by Gasteiger charge is -2.29. The maximum absolute atomic E-state index is 14.3. The summed E-state index contributed by atoms with van der Waals surface area (Å²) in [7, 11) is 0. The van der Waals surface area contributed by atoms with Gasteiger partial charge in [-0.1, -0.05) is 95.4 Å². The Bertz CT molecular complexity index is 1390. The minimum absolute atomic E-state index is 0.0100. The lowest BCUT2D eigenvalue weighted by atomic mass is 9.90. The van der Waals surface area contributed by atoms with Crippen LogP contribution in [-0.2, 0) is 14.0 Å². The minimum atomic E-state index is -0.457. The largest absolute Gasteiger partial charge is 0.370 e. The maximum Gasteiger partial charge on any atom is 0.244 e. The summed E-state index contributed by atoms with van der Waals surface area (Å²) in [5, 5.41) is 6.43. The molecular weight excluding hydrogens is 670 g/mol.